The number of nitro groups is 1. The standard InChI is InChI=1S/C7H7N3O3/c1-5-7(10(12)13)6(4-9-11)2-3-8-5/h2-4,11H,1H3/b9-4+. The largest absolute Gasteiger partial charge is 0.411 e. The Bertz CT molecular complexity index is 362. The normalized spacial score (nSPS) is 10.5. The van der Waals surface area contributed by atoms with Crippen molar-refractivity contribution in [2.24, 2.45) is 5.16 Å². The molecule has 6 heteroatoms. The molecule has 0 amide bonds. The zero-order chi connectivity index (χ0) is 9.84. The maximum Gasteiger partial charge on any atom is 0.299 e. The molecule has 1 aromatic rings. The molecule has 1 heterocycles. The molecule has 1 rings (SSSR count). The van der Waals surface area contributed by atoms with E-state index >= 15 is 0 Å². The van der Waals surface area contributed by atoms with E-state index in [1.54, 1.807) is 0 Å². The summed E-state index contributed by atoms with van der Waals surface area (Å²) in [6.07, 6.45) is 2.42. The number of oxime groups is 1. The molecule has 68 valence electrons. The van der Waals surface area contributed by atoms with Gasteiger partial charge in [-0.05, 0) is 13.0 Å². The van der Waals surface area contributed by atoms with E-state index in [9.17, 15) is 10.1 Å². The van der Waals surface area contributed by atoms with Gasteiger partial charge in [-0.1, -0.05) is 5.16 Å². The molecule has 0 unspecified atom stereocenters. The first-order valence-electron chi connectivity index (χ1n) is 3.44. The number of pyridine rings is 1. The third kappa shape index (κ3) is 1.78. The van der Waals surface area contributed by atoms with Crippen LogP contribution in [-0.2, 0) is 0 Å². The van der Waals surface area contributed by atoms with Gasteiger partial charge in [-0.25, -0.2) is 0 Å². The van der Waals surface area contributed by atoms with Crippen molar-refractivity contribution >= 4 is 11.9 Å². The first kappa shape index (κ1) is 9.11. The summed E-state index contributed by atoms with van der Waals surface area (Å²) >= 11 is 0. The van der Waals surface area contributed by atoms with Gasteiger partial charge in [0.25, 0.3) is 5.69 Å². The Morgan fingerprint density at radius 2 is 2.46 bits per heavy atom. The highest BCUT2D eigenvalue weighted by Gasteiger charge is 2.16. The third-order valence-electron chi connectivity index (χ3n) is 1.52. The van der Waals surface area contributed by atoms with Crippen LogP contribution in [0.5, 0.6) is 0 Å². The van der Waals surface area contributed by atoms with E-state index in [2.05, 4.69) is 10.1 Å². The lowest BCUT2D eigenvalue weighted by Crippen LogP contribution is -1.99. The average molecular weight is 181 g/mol. The highest BCUT2D eigenvalue weighted by atomic mass is 16.6. The fourth-order valence-electron chi connectivity index (χ4n) is 0.982. The van der Waals surface area contributed by atoms with Gasteiger partial charge >= 0.3 is 0 Å². The van der Waals surface area contributed by atoms with E-state index < -0.39 is 4.92 Å². The van der Waals surface area contributed by atoms with Gasteiger partial charge in [0, 0.05) is 6.20 Å². The smallest absolute Gasteiger partial charge is 0.299 e. The van der Waals surface area contributed by atoms with Crippen molar-refractivity contribution in [1.82, 2.24) is 4.98 Å². The number of aromatic nitrogens is 1. The molecular formula is C7H7N3O3. The van der Waals surface area contributed by atoms with Crippen molar-refractivity contribution in [2.45, 2.75) is 6.92 Å². The summed E-state index contributed by atoms with van der Waals surface area (Å²) in [5.74, 6) is 0. The van der Waals surface area contributed by atoms with Crippen LogP contribution in [0.2, 0.25) is 0 Å². The zero-order valence-electron chi connectivity index (χ0n) is 6.84. The number of nitrogens with zero attached hydrogens (tertiary/aromatic N) is 3. The van der Waals surface area contributed by atoms with Crippen LogP contribution in [0, 0.1) is 17.0 Å². The zero-order valence-corrected chi connectivity index (χ0v) is 6.84. The monoisotopic (exact) mass is 181 g/mol. The van der Waals surface area contributed by atoms with Gasteiger partial charge in [-0.15, -0.1) is 0 Å². The summed E-state index contributed by atoms with van der Waals surface area (Å²) in [5, 5.41) is 21.5. The topological polar surface area (TPSA) is 88.6 Å². The number of hydrogen-bond donors (Lipinski definition) is 1. The molecule has 0 saturated heterocycles. The molecule has 0 radical (unpaired) electrons. The van der Waals surface area contributed by atoms with Crippen molar-refractivity contribution in [1.29, 1.82) is 0 Å². The van der Waals surface area contributed by atoms with Crippen LogP contribution < -0.4 is 0 Å². The summed E-state index contributed by atoms with van der Waals surface area (Å²) in [5.41, 5.74) is 0.391. The van der Waals surface area contributed by atoms with E-state index in [0.717, 1.165) is 6.21 Å². The maximum absolute atomic E-state index is 10.5. The molecule has 0 aliphatic rings. The SMILES string of the molecule is Cc1nccc(/C=N/O)c1[N+](=O)[O-]. The predicted octanol–water partition coefficient (Wildman–Crippen LogP) is 1.11. The van der Waals surface area contributed by atoms with E-state index in [4.69, 9.17) is 5.21 Å². The molecule has 13 heavy (non-hydrogen) atoms. The van der Waals surface area contributed by atoms with Gasteiger partial charge in [0.05, 0.1) is 16.7 Å². The van der Waals surface area contributed by atoms with Crippen molar-refractivity contribution < 1.29 is 10.1 Å². The quantitative estimate of drug-likeness (QED) is 0.320. The summed E-state index contributed by atoms with van der Waals surface area (Å²) in [6.45, 7) is 1.52. The molecule has 1 aromatic heterocycles. The van der Waals surface area contributed by atoms with Gasteiger partial charge in [0.1, 0.15) is 5.69 Å². The molecule has 0 aromatic carbocycles. The highest BCUT2D eigenvalue weighted by molar-refractivity contribution is 5.85. The number of aryl methyl sites for hydroxylation is 1. The second-order valence-corrected chi connectivity index (χ2v) is 2.34. The minimum Gasteiger partial charge on any atom is -0.411 e. The molecule has 0 aliphatic carbocycles. The summed E-state index contributed by atoms with van der Waals surface area (Å²) in [4.78, 5) is 13.7. The van der Waals surface area contributed by atoms with Crippen molar-refractivity contribution in [2.75, 3.05) is 0 Å². The lowest BCUT2D eigenvalue weighted by Gasteiger charge is -1.97. The Morgan fingerprint density at radius 1 is 1.77 bits per heavy atom. The average Bonchev–Trinajstić information content (AvgIpc) is 2.04. The molecule has 0 bridgehead atoms. The summed E-state index contributed by atoms with van der Waals surface area (Å²) in [7, 11) is 0. The fraction of sp³-hybridized carbons (Fsp3) is 0.143. The minimum atomic E-state index is -0.556. The first-order valence-corrected chi connectivity index (χ1v) is 3.44. The van der Waals surface area contributed by atoms with Crippen LogP contribution >= 0.6 is 0 Å². The van der Waals surface area contributed by atoms with Crippen molar-refractivity contribution in [3.05, 3.63) is 33.6 Å². The molecule has 0 saturated carbocycles. The lowest BCUT2D eigenvalue weighted by atomic mass is 10.2. The second kappa shape index (κ2) is 3.61. The van der Waals surface area contributed by atoms with E-state index in [1.807, 2.05) is 0 Å². The van der Waals surface area contributed by atoms with Gasteiger partial charge < -0.3 is 5.21 Å². The molecule has 0 atom stereocenters. The van der Waals surface area contributed by atoms with Crippen molar-refractivity contribution in [3.63, 3.8) is 0 Å². The Kier molecular flexibility index (Phi) is 2.53. The Morgan fingerprint density at radius 3 is 3.00 bits per heavy atom. The number of hydrogen-bond acceptors (Lipinski definition) is 5. The maximum atomic E-state index is 10.5. The van der Waals surface area contributed by atoms with E-state index in [0.29, 0.717) is 5.69 Å². The van der Waals surface area contributed by atoms with Gasteiger partial charge in [0.15, 0.2) is 0 Å². The van der Waals surface area contributed by atoms with Gasteiger partial charge in [-0.2, -0.15) is 0 Å². The lowest BCUT2D eigenvalue weighted by molar-refractivity contribution is -0.385. The third-order valence-corrected chi connectivity index (χ3v) is 1.52. The van der Waals surface area contributed by atoms with Crippen LogP contribution in [0.25, 0.3) is 0 Å². The molecule has 1 N–H and O–H groups in total. The number of rotatable bonds is 2. The Balaban J connectivity index is 3.34. The summed E-state index contributed by atoms with van der Waals surface area (Å²) in [6, 6.07) is 1.41. The predicted molar refractivity (Wildman–Crippen MR) is 45.0 cm³/mol. The molecule has 0 aliphatic heterocycles. The van der Waals surface area contributed by atoms with Crippen LogP contribution in [-0.4, -0.2) is 21.3 Å². The highest BCUT2D eigenvalue weighted by Crippen LogP contribution is 2.18. The molecular weight excluding hydrogens is 174 g/mol. The Hall–Kier alpha value is -1.98. The first-order chi connectivity index (χ1) is 6.16. The Labute approximate surface area is 73.7 Å². The van der Waals surface area contributed by atoms with E-state index in [-0.39, 0.29) is 11.3 Å². The van der Waals surface area contributed by atoms with Crippen LogP contribution in [0.15, 0.2) is 17.4 Å². The van der Waals surface area contributed by atoms with Crippen molar-refractivity contribution in [3.8, 4) is 0 Å². The minimum absolute atomic E-state index is 0.139. The van der Waals surface area contributed by atoms with Gasteiger partial charge in [-0.3, -0.25) is 15.1 Å². The van der Waals surface area contributed by atoms with Crippen LogP contribution in [0.4, 0.5) is 5.69 Å². The van der Waals surface area contributed by atoms with E-state index in [1.165, 1.54) is 19.2 Å². The van der Waals surface area contributed by atoms with Gasteiger partial charge in [0.2, 0.25) is 0 Å². The second-order valence-electron chi connectivity index (χ2n) is 2.34. The summed E-state index contributed by atoms with van der Waals surface area (Å²) < 4.78 is 0. The van der Waals surface area contributed by atoms with Crippen LogP contribution in [0.3, 0.4) is 0 Å². The van der Waals surface area contributed by atoms with Crippen LogP contribution in [0.1, 0.15) is 11.3 Å². The fourth-order valence-corrected chi connectivity index (χ4v) is 0.982. The molecule has 0 spiro atoms. The molecule has 0 fully saturated rings. The molecule has 6 nitrogen and oxygen atoms in total.